The van der Waals surface area contributed by atoms with E-state index in [1.165, 1.54) is 34.9 Å². The number of nitrogens with zero attached hydrogens (tertiary/aromatic N) is 1. The molecule has 0 bridgehead atoms. The molecule has 0 amide bonds. The monoisotopic (exact) mass is 341 g/mol. The number of anilines is 1. The Bertz CT molecular complexity index is 723. The van der Waals surface area contributed by atoms with Gasteiger partial charge in [-0.05, 0) is 25.0 Å². The zero-order valence-corrected chi connectivity index (χ0v) is 15.9. The van der Waals surface area contributed by atoms with E-state index < -0.39 is 0 Å². The molecule has 0 heterocycles. The molecule has 3 aromatic carbocycles. The summed E-state index contributed by atoms with van der Waals surface area (Å²) >= 11 is 0. The smallest absolute Gasteiger partial charge is 0.241 e. The molecule has 0 aliphatic rings. The van der Waals surface area contributed by atoms with Crippen LogP contribution in [0.15, 0.2) is 84.9 Å². The average molecular weight is 341 g/mol. The molecule has 0 N–H and O–H groups in total. The maximum Gasteiger partial charge on any atom is 0.241 e. The van der Waals surface area contributed by atoms with Crippen molar-refractivity contribution in [3.05, 3.63) is 84.9 Å². The molecule has 2 heteroatoms. The first-order valence-corrected chi connectivity index (χ1v) is 9.78. The number of benzene rings is 3. The van der Waals surface area contributed by atoms with E-state index in [0.29, 0.717) is 0 Å². The number of hydrogen-bond acceptors (Lipinski definition) is 1. The van der Waals surface area contributed by atoms with Crippen LogP contribution in [-0.4, -0.2) is 19.8 Å². The molecule has 0 radical (unpaired) electrons. The molecule has 0 spiro atoms. The van der Waals surface area contributed by atoms with Gasteiger partial charge in [0.2, 0.25) is 6.71 Å². The van der Waals surface area contributed by atoms with Gasteiger partial charge in [0, 0.05) is 18.8 Å². The van der Waals surface area contributed by atoms with Crippen molar-refractivity contribution in [2.75, 3.05) is 18.0 Å². The Morgan fingerprint density at radius 2 is 1.00 bits per heavy atom. The van der Waals surface area contributed by atoms with Crippen LogP contribution >= 0.6 is 0 Å². The average Bonchev–Trinajstić information content (AvgIpc) is 2.70. The molecular weight excluding hydrogens is 313 g/mol. The zero-order chi connectivity index (χ0) is 18.2. The van der Waals surface area contributed by atoms with Crippen LogP contribution in [0, 0.1) is 0 Å². The highest BCUT2D eigenvalue weighted by molar-refractivity contribution is 6.95. The van der Waals surface area contributed by atoms with Crippen molar-refractivity contribution in [1.82, 2.24) is 0 Å². The van der Waals surface area contributed by atoms with Crippen LogP contribution in [-0.2, 0) is 0 Å². The molecule has 132 valence electrons. The molecular formula is C24H28BN. The maximum absolute atomic E-state index is 2.49. The third-order valence-corrected chi connectivity index (χ3v) is 4.84. The highest BCUT2D eigenvalue weighted by atomic mass is 15.1. The molecule has 0 aromatic heterocycles. The Kier molecular flexibility index (Phi) is 6.54. The minimum atomic E-state index is 0.275. The van der Waals surface area contributed by atoms with Crippen LogP contribution in [0.1, 0.15) is 26.7 Å². The number of rotatable bonds is 8. The quantitative estimate of drug-likeness (QED) is 0.563. The lowest BCUT2D eigenvalue weighted by Crippen LogP contribution is -2.51. The van der Waals surface area contributed by atoms with Gasteiger partial charge in [-0.15, -0.1) is 0 Å². The van der Waals surface area contributed by atoms with Crippen molar-refractivity contribution in [1.29, 1.82) is 0 Å². The molecule has 0 aliphatic carbocycles. The molecule has 0 aliphatic heterocycles. The molecule has 1 nitrogen and oxygen atoms in total. The minimum absolute atomic E-state index is 0.275. The molecule has 0 saturated heterocycles. The van der Waals surface area contributed by atoms with Crippen molar-refractivity contribution in [3.8, 4) is 0 Å². The van der Waals surface area contributed by atoms with Gasteiger partial charge in [-0.25, -0.2) is 0 Å². The molecule has 0 saturated carbocycles. The molecule has 26 heavy (non-hydrogen) atoms. The van der Waals surface area contributed by atoms with Crippen LogP contribution in [0.2, 0.25) is 0 Å². The summed E-state index contributed by atoms with van der Waals surface area (Å²) in [6.07, 6.45) is 2.36. The van der Waals surface area contributed by atoms with E-state index in [2.05, 4.69) is 104 Å². The van der Waals surface area contributed by atoms with Crippen LogP contribution in [0.5, 0.6) is 0 Å². The van der Waals surface area contributed by atoms with E-state index >= 15 is 0 Å². The lowest BCUT2D eigenvalue weighted by molar-refractivity contribution is 0.745. The van der Waals surface area contributed by atoms with E-state index in [4.69, 9.17) is 0 Å². The molecule has 0 unspecified atom stereocenters. The fourth-order valence-corrected chi connectivity index (χ4v) is 3.66. The van der Waals surface area contributed by atoms with Gasteiger partial charge in [0.05, 0.1) is 0 Å². The lowest BCUT2D eigenvalue weighted by Gasteiger charge is -2.24. The fraction of sp³-hybridized carbons (Fsp3) is 0.250. The second kappa shape index (κ2) is 9.29. The maximum atomic E-state index is 2.49. The first kappa shape index (κ1) is 18.3. The first-order valence-electron chi connectivity index (χ1n) is 9.78. The van der Waals surface area contributed by atoms with Crippen molar-refractivity contribution in [2.45, 2.75) is 26.7 Å². The second-order valence-electron chi connectivity index (χ2n) is 6.83. The third-order valence-electron chi connectivity index (χ3n) is 4.84. The Hall–Kier alpha value is -2.48. The summed E-state index contributed by atoms with van der Waals surface area (Å²) < 4.78 is 0. The Labute approximate surface area is 158 Å². The van der Waals surface area contributed by atoms with E-state index in [1.807, 2.05) is 0 Å². The predicted molar refractivity (Wildman–Crippen MR) is 117 cm³/mol. The predicted octanol–water partition coefficient (Wildman–Crippen LogP) is 3.83. The SMILES string of the molecule is CCCN(CCC)c1ccc(B(c2ccccc2)c2ccccc2)cc1. The van der Waals surface area contributed by atoms with Crippen molar-refractivity contribution in [2.24, 2.45) is 0 Å². The highest BCUT2D eigenvalue weighted by Crippen LogP contribution is 2.13. The summed E-state index contributed by atoms with van der Waals surface area (Å²) in [6, 6.07) is 30.8. The largest absolute Gasteiger partial charge is 0.372 e. The summed E-state index contributed by atoms with van der Waals surface area (Å²) in [7, 11) is 0. The van der Waals surface area contributed by atoms with Gasteiger partial charge in [0.25, 0.3) is 0 Å². The van der Waals surface area contributed by atoms with Crippen LogP contribution in [0.25, 0.3) is 0 Å². The van der Waals surface area contributed by atoms with Gasteiger partial charge in [-0.3, -0.25) is 0 Å². The summed E-state index contributed by atoms with van der Waals surface area (Å²) in [5.41, 5.74) is 5.35. The van der Waals surface area contributed by atoms with Crippen molar-refractivity contribution in [3.63, 3.8) is 0 Å². The van der Waals surface area contributed by atoms with Crippen molar-refractivity contribution >= 4 is 28.8 Å². The van der Waals surface area contributed by atoms with Crippen LogP contribution < -0.4 is 21.3 Å². The second-order valence-corrected chi connectivity index (χ2v) is 6.83. The topological polar surface area (TPSA) is 3.24 Å². The zero-order valence-electron chi connectivity index (χ0n) is 15.9. The summed E-state index contributed by atoms with van der Waals surface area (Å²) in [5.74, 6) is 0. The molecule has 0 atom stereocenters. The van der Waals surface area contributed by atoms with E-state index in [-0.39, 0.29) is 6.71 Å². The fourth-order valence-electron chi connectivity index (χ4n) is 3.66. The first-order chi connectivity index (χ1) is 12.8. The standard InChI is InChI=1S/C24H28BN/c1-3-19-26(20-4-2)24-17-15-23(16-18-24)25(21-11-7-5-8-12-21)22-13-9-6-10-14-22/h5-18H,3-4,19-20H2,1-2H3. The van der Waals surface area contributed by atoms with Crippen LogP contribution in [0.3, 0.4) is 0 Å². The van der Waals surface area contributed by atoms with Gasteiger partial charge in [-0.2, -0.15) is 0 Å². The summed E-state index contributed by atoms with van der Waals surface area (Å²) in [6.45, 7) is 7.01. The molecule has 0 fully saturated rings. The van der Waals surface area contributed by atoms with Gasteiger partial charge in [-0.1, -0.05) is 103 Å². The lowest BCUT2D eigenvalue weighted by atomic mass is 9.37. The van der Waals surface area contributed by atoms with Crippen molar-refractivity contribution < 1.29 is 0 Å². The Balaban J connectivity index is 1.95. The highest BCUT2D eigenvalue weighted by Gasteiger charge is 2.21. The van der Waals surface area contributed by atoms with Gasteiger partial charge < -0.3 is 4.90 Å². The Morgan fingerprint density at radius 1 is 0.577 bits per heavy atom. The number of hydrogen-bond donors (Lipinski definition) is 0. The molecule has 3 rings (SSSR count). The van der Waals surface area contributed by atoms with E-state index in [1.54, 1.807) is 0 Å². The van der Waals surface area contributed by atoms with Gasteiger partial charge in [0.1, 0.15) is 0 Å². The summed E-state index contributed by atoms with van der Waals surface area (Å²) in [4.78, 5) is 2.49. The third kappa shape index (κ3) is 4.38. The van der Waals surface area contributed by atoms with Gasteiger partial charge in [0.15, 0.2) is 0 Å². The Morgan fingerprint density at radius 3 is 1.42 bits per heavy atom. The minimum Gasteiger partial charge on any atom is -0.372 e. The van der Waals surface area contributed by atoms with E-state index in [0.717, 1.165) is 13.1 Å². The molecule has 3 aromatic rings. The normalized spacial score (nSPS) is 10.5. The van der Waals surface area contributed by atoms with Crippen LogP contribution in [0.4, 0.5) is 5.69 Å². The van der Waals surface area contributed by atoms with Gasteiger partial charge >= 0.3 is 0 Å². The summed E-state index contributed by atoms with van der Waals surface area (Å²) in [5, 5.41) is 0. The van der Waals surface area contributed by atoms with E-state index in [9.17, 15) is 0 Å².